The zero-order valence-electron chi connectivity index (χ0n) is 14.1. The Morgan fingerprint density at radius 3 is 2.55 bits per heavy atom. The highest BCUT2D eigenvalue weighted by Crippen LogP contribution is 2.33. The molecule has 1 aliphatic carbocycles. The molecule has 0 amide bonds. The number of piperidine rings is 1. The molecule has 0 bridgehead atoms. The van der Waals surface area contributed by atoms with Crippen molar-refractivity contribution in [2.75, 3.05) is 32.8 Å². The summed E-state index contributed by atoms with van der Waals surface area (Å²) in [7, 11) is 0. The maximum Gasteiger partial charge on any atom is 0.309 e. The summed E-state index contributed by atoms with van der Waals surface area (Å²) in [4.78, 5) is 18.8. The van der Waals surface area contributed by atoms with Crippen LogP contribution in [0.1, 0.15) is 52.4 Å². The second-order valence-electron chi connectivity index (χ2n) is 6.33. The van der Waals surface area contributed by atoms with E-state index in [9.17, 15) is 4.79 Å². The number of ether oxygens (including phenoxy) is 1. The van der Waals surface area contributed by atoms with E-state index in [0.29, 0.717) is 6.61 Å². The van der Waals surface area contributed by atoms with E-state index in [4.69, 9.17) is 9.73 Å². The maximum absolute atomic E-state index is 11.8. The van der Waals surface area contributed by atoms with Gasteiger partial charge in [-0.1, -0.05) is 12.8 Å². The number of nitrogens with zero attached hydrogens (tertiary/aromatic N) is 2. The van der Waals surface area contributed by atoms with Gasteiger partial charge in [-0.25, -0.2) is 0 Å². The molecule has 5 heteroatoms. The lowest BCUT2D eigenvalue weighted by Gasteiger charge is -2.33. The largest absolute Gasteiger partial charge is 0.466 e. The van der Waals surface area contributed by atoms with E-state index in [-0.39, 0.29) is 11.9 Å². The molecule has 22 heavy (non-hydrogen) atoms. The molecule has 0 unspecified atom stereocenters. The standard InChI is InChI=1S/C17H31N3O2/c1-3-18-17(19-11-5-6-14-7-8-14)20-12-9-15(10-13-20)16(21)22-4-2/h14-15H,3-13H2,1-2H3,(H,18,19). The number of carbonyl (C=O) groups is 1. The third kappa shape index (κ3) is 5.50. The van der Waals surface area contributed by atoms with Gasteiger partial charge < -0.3 is 15.0 Å². The zero-order chi connectivity index (χ0) is 15.8. The minimum absolute atomic E-state index is 0.0338. The monoisotopic (exact) mass is 309 g/mol. The third-order valence-electron chi connectivity index (χ3n) is 4.48. The first-order valence-corrected chi connectivity index (χ1v) is 8.94. The van der Waals surface area contributed by atoms with Crippen LogP contribution < -0.4 is 5.32 Å². The van der Waals surface area contributed by atoms with Gasteiger partial charge in [-0.15, -0.1) is 0 Å². The van der Waals surface area contributed by atoms with Crippen molar-refractivity contribution >= 4 is 11.9 Å². The lowest BCUT2D eigenvalue weighted by Crippen LogP contribution is -2.46. The Bertz CT molecular complexity index is 372. The summed E-state index contributed by atoms with van der Waals surface area (Å²) in [6.07, 6.45) is 7.10. The van der Waals surface area contributed by atoms with Crippen LogP contribution >= 0.6 is 0 Å². The highest BCUT2D eigenvalue weighted by atomic mass is 16.5. The number of carbonyl (C=O) groups excluding carboxylic acids is 1. The average molecular weight is 309 g/mol. The molecule has 0 aromatic heterocycles. The smallest absolute Gasteiger partial charge is 0.309 e. The van der Waals surface area contributed by atoms with Crippen molar-refractivity contribution in [3.8, 4) is 0 Å². The third-order valence-corrected chi connectivity index (χ3v) is 4.48. The highest BCUT2D eigenvalue weighted by Gasteiger charge is 2.27. The number of nitrogens with one attached hydrogen (secondary N) is 1. The lowest BCUT2D eigenvalue weighted by molar-refractivity contribution is -0.149. The topological polar surface area (TPSA) is 53.9 Å². The Morgan fingerprint density at radius 2 is 1.95 bits per heavy atom. The molecule has 2 aliphatic rings. The molecule has 5 nitrogen and oxygen atoms in total. The van der Waals surface area contributed by atoms with Crippen LogP contribution in [0.15, 0.2) is 4.99 Å². The number of likely N-dealkylation sites (tertiary alicyclic amines) is 1. The van der Waals surface area contributed by atoms with Gasteiger partial charge >= 0.3 is 5.97 Å². The lowest BCUT2D eigenvalue weighted by atomic mass is 9.97. The van der Waals surface area contributed by atoms with Crippen molar-refractivity contribution in [2.24, 2.45) is 16.8 Å². The van der Waals surface area contributed by atoms with E-state index in [0.717, 1.165) is 50.9 Å². The van der Waals surface area contributed by atoms with E-state index in [1.54, 1.807) is 0 Å². The zero-order valence-corrected chi connectivity index (χ0v) is 14.1. The second kappa shape index (κ2) is 9.01. The number of hydrogen-bond acceptors (Lipinski definition) is 3. The van der Waals surface area contributed by atoms with Crippen molar-refractivity contribution in [2.45, 2.75) is 52.4 Å². The number of rotatable bonds is 7. The van der Waals surface area contributed by atoms with Crippen LogP contribution in [-0.2, 0) is 9.53 Å². The van der Waals surface area contributed by atoms with Gasteiger partial charge in [-0.05, 0) is 45.4 Å². The predicted octanol–water partition coefficient (Wildman–Crippen LogP) is 2.42. The number of esters is 1. The van der Waals surface area contributed by atoms with E-state index >= 15 is 0 Å². The fraction of sp³-hybridized carbons (Fsp3) is 0.882. The molecule has 2 rings (SSSR count). The fourth-order valence-electron chi connectivity index (χ4n) is 2.98. The van der Waals surface area contributed by atoms with Gasteiger partial charge in [0.25, 0.3) is 0 Å². The summed E-state index contributed by atoms with van der Waals surface area (Å²) in [5.74, 6) is 2.03. The molecule has 1 N–H and O–H groups in total. The first kappa shape index (κ1) is 17.1. The van der Waals surface area contributed by atoms with Gasteiger partial charge in [-0.3, -0.25) is 9.79 Å². The molecular weight excluding hydrogens is 278 g/mol. The van der Waals surface area contributed by atoms with Crippen LogP contribution in [0.3, 0.4) is 0 Å². The van der Waals surface area contributed by atoms with Crippen molar-refractivity contribution < 1.29 is 9.53 Å². The molecule has 1 heterocycles. The summed E-state index contributed by atoms with van der Waals surface area (Å²) >= 11 is 0. The molecular formula is C17H31N3O2. The molecule has 1 saturated heterocycles. The van der Waals surface area contributed by atoms with E-state index in [2.05, 4.69) is 17.1 Å². The minimum Gasteiger partial charge on any atom is -0.466 e. The quantitative estimate of drug-likeness (QED) is 0.340. The molecule has 1 aliphatic heterocycles. The predicted molar refractivity (Wildman–Crippen MR) is 88.9 cm³/mol. The van der Waals surface area contributed by atoms with Gasteiger partial charge in [0.05, 0.1) is 12.5 Å². The molecule has 2 fully saturated rings. The summed E-state index contributed by atoms with van der Waals surface area (Å²) in [6, 6.07) is 0. The van der Waals surface area contributed by atoms with Gasteiger partial charge in [0.1, 0.15) is 0 Å². The fourth-order valence-corrected chi connectivity index (χ4v) is 2.98. The summed E-state index contributed by atoms with van der Waals surface area (Å²) in [6.45, 7) is 8.02. The average Bonchev–Trinajstić information content (AvgIpc) is 3.35. The molecule has 126 valence electrons. The van der Waals surface area contributed by atoms with Gasteiger partial charge in [0.15, 0.2) is 5.96 Å². The first-order chi connectivity index (χ1) is 10.7. The maximum atomic E-state index is 11.8. The normalized spacial score (nSPS) is 20.1. The molecule has 0 radical (unpaired) electrons. The number of hydrogen-bond donors (Lipinski definition) is 1. The Balaban J connectivity index is 1.76. The molecule has 0 spiro atoms. The second-order valence-corrected chi connectivity index (χ2v) is 6.33. The van der Waals surface area contributed by atoms with Crippen LogP contribution in [0.2, 0.25) is 0 Å². The molecule has 1 saturated carbocycles. The summed E-state index contributed by atoms with van der Waals surface area (Å²) in [5, 5.41) is 3.39. The van der Waals surface area contributed by atoms with Crippen LogP contribution in [0.5, 0.6) is 0 Å². The van der Waals surface area contributed by atoms with Crippen LogP contribution in [0.25, 0.3) is 0 Å². The minimum atomic E-state index is -0.0338. The highest BCUT2D eigenvalue weighted by molar-refractivity contribution is 5.80. The van der Waals surface area contributed by atoms with Crippen molar-refractivity contribution in [3.05, 3.63) is 0 Å². The van der Waals surface area contributed by atoms with Crippen LogP contribution in [-0.4, -0.2) is 49.6 Å². The SMILES string of the molecule is CCNC(=NCCCC1CC1)N1CCC(C(=O)OCC)CC1. The number of aliphatic imine (C=N–C) groups is 1. The van der Waals surface area contributed by atoms with Gasteiger partial charge in [0.2, 0.25) is 0 Å². The van der Waals surface area contributed by atoms with Crippen molar-refractivity contribution in [1.29, 1.82) is 0 Å². The molecule has 0 aromatic rings. The van der Waals surface area contributed by atoms with E-state index < -0.39 is 0 Å². The Kier molecular flexibility index (Phi) is 7.00. The Labute approximate surface area is 134 Å². The first-order valence-electron chi connectivity index (χ1n) is 8.94. The van der Waals surface area contributed by atoms with Crippen LogP contribution in [0, 0.1) is 11.8 Å². The van der Waals surface area contributed by atoms with Gasteiger partial charge in [0, 0.05) is 26.2 Å². The molecule has 0 aromatic carbocycles. The summed E-state index contributed by atoms with van der Waals surface area (Å²) < 4.78 is 5.13. The van der Waals surface area contributed by atoms with Crippen molar-refractivity contribution in [1.82, 2.24) is 10.2 Å². The van der Waals surface area contributed by atoms with Crippen molar-refractivity contribution in [3.63, 3.8) is 0 Å². The van der Waals surface area contributed by atoms with E-state index in [1.807, 2.05) is 6.92 Å². The van der Waals surface area contributed by atoms with Crippen LogP contribution in [0.4, 0.5) is 0 Å². The Morgan fingerprint density at radius 1 is 1.23 bits per heavy atom. The van der Waals surface area contributed by atoms with Gasteiger partial charge in [-0.2, -0.15) is 0 Å². The Hall–Kier alpha value is -1.26. The molecule has 0 atom stereocenters. The number of guanidine groups is 1. The summed E-state index contributed by atoms with van der Waals surface area (Å²) in [5.41, 5.74) is 0. The van der Waals surface area contributed by atoms with E-state index in [1.165, 1.54) is 25.7 Å².